The van der Waals surface area contributed by atoms with E-state index >= 15 is 8.78 Å². The first-order valence-corrected chi connectivity index (χ1v) is 18.0. The molecule has 0 spiro atoms. The standard InChI is InChI=1S/C25H24B2F2N8O10P2/c26-48(40)43-7-12-19(16(29)24(45-12)37-8-32-17-21(37)34-25(30)35-22(17)39)47-49(27,41)42-6-11-18(46-48)15(28)23(44-11)36-5-9-1-2-13(38)33-10-3-4-31-20(36)14(9)10/h3-5,8,11-12,15-16,18-19,23-24H,1-2,6-7H2,(H,33,38)(H3,30,34,35,39)/t11-,12-,15+,16?,18?,19+,23-,24-,48?,49?/m1/s1. The lowest BCUT2D eigenvalue weighted by atomic mass is 10.1. The highest BCUT2D eigenvalue weighted by Gasteiger charge is 2.53. The number of anilines is 2. The van der Waals surface area contributed by atoms with Crippen LogP contribution in [0.15, 0.2) is 29.6 Å². The van der Waals surface area contributed by atoms with Crippen LogP contribution in [0.25, 0.3) is 22.2 Å². The Balaban J connectivity index is 1.08. The number of aryl methyl sites for hydroxylation is 1. The number of amides is 1. The number of alkyl halides is 2. The molecule has 4 aromatic heterocycles. The molecule has 254 valence electrons. The molecule has 0 aromatic carbocycles. The fourth-order valence-electron chi connectivity index (χ4n) is 6.45. The highest BCUT2D eigenvalue weighted by atomic mass is 31.2. The number of nitrogen functional groups attached to an aromatic ring is 1. The van der Waals surface area contributed by atoms with Crippen molar-refractivity contribution in [3.8, 4) is 0 Å². The predicted molar refractivity (Wildman–Crippen MR) is 165 cm³/mol. The normalized spacial score (nSPS) is 36.8. The number of nitrogens with zero attached hydrogens (tertiary/aromatic N) is 5. The molecule has 4 aliphatic heterocycles. The zero-order valence-electron chi connectivity index (χ0n) is 25.0. The summed E-state index contributed by atoms with van der Waals surface area (Å²) < 4.78 is 94.9. The number of hydrogen-bond donors (Lipinski definition) is 3. The summed E-state index contributed by atoms with van der Waals surface area (Å²) in [5.41, 5.74) is 6.09. The lowest BCUT2D eigenvalue weighted by molar-refractivity contribution is -0.116. The molecule has 0 aliphatic carbocycles. The number of aromatic nitrogens is 6. The third-order valence-corrected chi connectivity index (χ3v) is 10.7. The molecule has 3 saturated heterocycles. The number of nitrogens with two attached hydrogens (primary N) is 1. The van der Waals surface area contributed by atoms with Gasteiger partial charge in [0.05, 0.1) is 25.2 Å². The summed E-state index contributed by atoms with van der Waals surface area (Å²) >= 11 is 0. The molecule has 0 bridgehead atoms. The average Bonchev–Trinajstić information content (AvgIpc) is 3.75. The van der Waals surface area contributed by atoms with E-state index in [1.54, 1.807) is 12.3 Å². The van der Waals surface area contributed by atoms with Crippen molar-refractivity contribution in [2.45, 2.75) is 62.1 Å². The van der Waals surface area contributed by atoms with E-state index in [1.165, 1.54) is 10.8 Å². The Morgan fingerprint density at radius 1 is 0.918 bits per heavy atom. The number of ether oxygens (including phenoxy) is 2. The number of rotatable bonds is 2. The number of aromatic amines is 1. The monoisotopic (exact) mass is 718 g/mol. The molecule has 4 radical (unpaired) electrons. The minimum atomic E-state index is -4.66. The summed E-state index contributed by atoms with van der Waals surface area (Å²) in [6.45, 7) is -1.52. The van der Waals surface area contributed by atoms with E-state index in [4.69, 9.17) is 48.4 Å². The van der Waals surface area contributed by atoms with Crippen molar-refractivity contribution in [3.05, 3.63) is 40.7 Å². The average molecular weight is 718 g/mol. The Morgan fingerprint density at radius 2 is 1.55 bits per heavy atom. The fraction of sp³-hybridized carbons (Fsp3) is 0.480. The van der Waals surface area contributed by atoms with Crippen molar-refractivity contribution in [1.82, 2.24) is 29.1 Å². The Kier molecular flexibility index (Phi) is 7.88. The Morgan fingerprint density at radius 3 is 2.20 bits per heavy atom. The molecule has 18 nitrogen and oxygen atoms in total. The minimum absolute atomic E-state index is 0.142. The lowest BCUT2D eigenvalue weighted by Crippen LogP contribution is -2.37. The quantitative estimate of drug-likeness (QED) is 0.197. The van der Waals surface area contributed by atoms with E-state index in [2.05, 4.69) is 25.3 Å². The van der Waals surface area contributed by atoms with Gasteiger partial charge < -0.3 is 43.2 Å². The van der Waals surface area contributed by atoms with Gasteiger partial charge in [0.1, 0.15) is 30.1 Å². The first-order valence-electron chi connectivity index (χ1n) is 14.8. The van der Waals surface area contributed by atoms with E-state index in [1.807, 2.05) is 0 Å². The van der Waals surface area contributed by atoms with Crippen LogP contribution in [-0.2, 0) is 47.9 Å². The van der Waals surface area contributed by atoms with Crippen molar-refractivity contribution in [2.24, 2.45) is 0 Å². The zero-order valence-corrected chi connectivity index (χ0v) is 26.7. The van der Waals surface area contributed by atoms with Crippen LogP contribution in [-0.4, -0.2) is 100 Å². The van der Waals surface area contributed by atoms with Gasteiger partial charge in [-0.2, -0.15) is 4.98 Å². The van der Waals surface area contributed by atoms with E-state index in [0.29, 0.717) is 23.1 Å². The second kappa shape index (κ2) is 11.8. The third kappa shape index (κ3) is 5.73. The zero-order chi connectivity index (χ0) is 34.4. The molecular formula is C25H24B2F2N8O10P2. The molecule has 4 unspecified atom stereocenters. The smallest absolute Gasteiger partial charge is 0.280 e. The fourth-order valence-corrected chi connectivity index (χ4v) is 8.46. The summed E-state index contributed by atoms with van der Waals surface area (Å²) in [4.78, 5) is 39.0. The SMILES string of the molecule is [B]P1(=O)OC[C@H]2O[C@@H](n3cnc4c(=O)[nH]c(N)nc43)C(F)[C@H]2OP([B])(=O)OC[C@H]2O[C@@H](n3cc4c5c(ccnc53)NC(=O)CC4)[C@@H](F)C2O1. The Labute approximate surface area is 276 Å². The highest BCUT2D eigenvalue weighted by molar-refractivity contribution is 7.79. The van der Waals surface area contributed by atoms with Crippen LogP contribution in [0.2, 0.25) is 0 Å². The van der Waals surface area contributed by atoms with Gasteiger partial charge in [0.25, 0.3) is 20.5 Å². The van der Waals surface area contributed by atoms with Gasteiger partial charge in [-0.05, 0) is 18.1 Å². The largest absolute Gasteiger partial charge is 0.369 e. The van der Waals surface area contributed by atoms with Crippen LogP contribution >= 0.6 is 14.9 Å². The van der Waals surface area contributed by atoms with Crippen molar-refractivity contribution in [2.75, 3.05) is 24.3 Å². The van der Waals surface area contributed by atoms with Gasteiger partial charge in [-0.25, -0.2) is 18.7 Å². The number of halogens is 2. The van der Waals surface area contributed by atoms with Gasteiger partial charge >= 0.3 is 0 Å². The molecule has 8 heterocycles. The first-order chi connectivity index (χ1) is 23.3. The van der Waals surface area contributed by atoms with Gasteiger partial charge in [0, 0.05) is 24.2 Å². The number of nitrogens with one attached hydrogen (secondary N) is 2. The maximum atomic E-state index is 16.3. The summed E-state index contributed by atoms with van der Waals surface area (Å²) in [6, 6.07) is 1.61. The summed E-state index contributed by atoms with van der Waals surface area (Å²) in [6.07, 6.45) is -9.12. The summed E-state index contributed by atoms with van der Waals surface area (Å²) in [5, 5.41) is 3.38. The third-order valence-electron chi connectivity index (χ3n) is 8.59. The number of pyridine rings is 1. The molecule has 4 N–H and O–H groups in total. The molecule has 1 amide bonds. The number of imidazole rings is 1. The number of carbonyl (C=O) groups is 1. The van der Waals surface area contributed by atoms with E-state index < -0.39 is 82.9 Å². The van der Waals surface area contributed by atoms with Crippen molar-refractivity contribution in [3.63, 3.8) is 0 Å². The minimum Gasteiger partial charge on any atom is -0.369 e. The molecule has 4 aromatic rings. The van der Waals surface area contributed by atoms with Crippen LogP contribution in [0.5, 0.6) is 0 Å². The van der Waals surface area contributed by atoms with Gasteiger partial charge in [-0.3, -0.25) is 28.3 Å². The summed E-state index contributed by atoms with van der Waals surface area (Å²) in [7, 11) is 2.43. The van der Waals surface area contributed by atoms with Crippen molar-refractivity contribution >= 4 is 69.8 Å². The van der Waals surface area contributed by atoms with Crippen LogP contribution in [0, 0.1) is 0 Å². The van der Waals surface area contributed by atoms with E-state index in [9.17, 15) is 18.7 Å². The first kappa shape index (κ1) is 32.7. The predicted octanol–water partition coefficient (Wildman–Crippen LogP) is 1.48. The van der Waals surface area contributed by atoms with Gasteiger partial charge in [0.15, 0.2) is 36.0 Å². The van der Waals surface area contributed by atoms with E-state index in [-0.39, 0.29) is 35.1 Å². The molecule has 10 atom stereocenters. The molecule has 49 heavy (non-hydrogen) atoms. The number of fused-ring (bicyclic) bond motifs is 3. The van der Waals surface area contributed by atoms with Crippen molar-refractivity contribution < 1.29 is 50.3 Å². The molecule has 4 aliphatic rings. The number of hydrogen-bond acceptors (Lipinski definition) is 14. The number of H-pyrrole nitrogens is 1. The second-order valence-electron chi connectivity index (χ2n) is 11.8. The van der Waals surface area contributed by atoms with E-state index in [0.717, 1.165) is 10.9 Å². The molecule has 8 rings (SSSR count). The maximum absolute atomic E-state index is 16.3. The highest BCUT2D eigenvalue weighted by Crippen LogP contribution is 2.54. The molecular weight excluding hydrogens is 694 g/mol. The second-order valence-corrected chi connectivity index (χ2v) is 14.9. The topological polar surface area (TPSA) is 226 Å². The van der Waals surface area contributed by atoms with Crippen LogP contribution in [0.1, 0.15) is 24.4 Å². The molecule has 0 saturated carbocycles. The van der Waals surface area contributed by atoms with Gasteiger partial charge in [0.2, 0.25) is 27.0 Å². The van der Waals surface area contributed by atoms with Crippen LogP contribution < -0.4 is 16.6 Å². The van der Waals surface area contributed by atoms with Crippen molar-refractivity contribution in [1.29, 1.82) is 0 Å². The Hall–Kier alpha value is -3.48. The Bertz CT molecular complexity index is 2160. The number of carbonyl (C=O) groups excluding carboxylic acids is 1. The van der Waals surface area contributed by atoms with Gasteiger partial charge in [-0.15, -0.1) is 0 Å². The lowest BCUT2D eigenvalue weighted by Gasteiger charge is -2.29. The van der Waals surface area contributed by atoms with Crippen LogP contribution in [0.4, 0.5) is 20.4 Å². The maximum Gasteiger partial charge on any atom is 0.280 e. The summed E-state index contributed by atoms with van der Waals surface area (Å²) in [5.74, 6) is -0.473. The van der Waals surface area contributed by atoms with Gasteiger partial charge in [-0.1, -0.05) is 0 Å². The molecule has 3 fully saturated rings. The molecule has 24 heteroatoms. The van der Waals surface area contributed by atoms with Crippen LogP contribution in [0.3, 0.4) is 0 Å².